The van der Waals surface area contributed by atoms with E-state index in [-0.39, 0.29) is 18.2 Å². The number of benzene rings is 2. The Hall–Kier alpha value is -4.31. The van der Waals surface area contributed by atoms with Gasteiger partial charge in [-0.2, -0.15) is 4.68 Å². The molecule has 0 spiro atoms. The quantitative estimate of drug-likeness (QED) is 0.267. The van der Waals surface area contributed by atoms with E-state index in [2.05, 4.69) is 24.0 Å². The molecule has 0 aliphatic heterocycles. The zero-order chi connectivity index (χ0) is 27.7. The maximum Gasteiger partial charge on any atom is 0.350 e. The molecule has 3 heterocycles. The lowest BCUT2D eigenvalue weighted by Crippen LogP contribution is -2.24. The highest BCUT2D eigenvalue weighted by molar-refractivity contribution is 5.87. The van der Waals surface area contributed by atoms with Gasteiger partial charge in [-0.3, -0.25) is 9.25 Å². The SMILES string of the molecule is CCn1c(COCc2ccccc2)nn(-c2cc3c(C(C)C)cc(-c4cc(OC)nn4C)nc3cc2F)c1=O. The van der Waals surface area contributed by atoms with Crippen LogP contribution < -0.4 is 10.4 Å². The van der Waals surface area contributed by atoms with Crippen molar-refractivity contribution in [1.29, 1.82) is 0 Å². The van der Waals surface area contributed by atoms with Gasteiger partial charge in [-0.25, -0.2) is 14.2 Å². The summed E-state index contributed by atoms with van der Waals surface area (Å²) in [4.78, 5) is 18.0. The first-order chi connectivity index (χ1) is 18.8. The highest BCUT2D eigenvalue weighted by atomic mass is 19.1. The van der Waals surface area contributed by atoms with Crippen LogP contribution in [0.3, 0.4) is 0 Å². The molecule has 0 bridgehead atoms. The predicted octanol–water partition coefficient (Wildman–Crippen LogP) is 4.99. The van der Waals surface area contributed by atoms with Gasteiger partial charge in [0.2, 0.25) is 5.88 Å². The fraction of sp³-hybridized carbons (Fsp3) is 0.310. The Morgan fingerprint density at radius 3 is 2.46 bits per heavy atom. The molecule has 0 atom stereocenters. The van der Waals surface area contributed by atoms with Gasteiger partial charge in [0.05, 0.1) is 30.6 Å². The van der Waals surface area contributed by atoms with Crippen molar-refractivity contribution < 1.29 is 13.9 Å². The van der Waals surface area contributed by atoms with Crippen molar-refractivity contribution in [2.45, 2.75) is 46.4 Å². The van der Waals surface area contributed by atoms with Gasteiger partial charge in [-0.15, -0.1) is 10.2 Å². The fourth-order valence-corrected chi connectivity index (χ4v) is 4.67. The van der Waals surface area contributed by atoms with Crippen LogP contribution in [0.5, 0.6) is 5.88 Å². The lowest BCUT2D eigenvalue weighted by Gasteiger charge is -2.14. The first-order valence-corrected chi connectivity index (χ1v) is 12.8. The van der Waals surface area contributed by atoms with Gasteiger partial charge >= 0.3 is 5.69 Å². The van der Waals surface area contributed by atoms with Gasteiger partial charge < -0.3 is 9.47 Å². The van der Waals surface area contributed by atoms with Gasteiger partial charge in [-0.1, -0.05) is 44.2 Å². The summed E-state index contributed by atoms with van der Waals surface area (Å²) in [5, 5.41) is 9.54. The molecule has 5 aromatic rings. The second-order valence-corrected chi connectivity index (χ2v) is 9.60. The van der Waals surface area contributed by atoms with Gasteiger partial charge in [-0.05, 0) is 36.1 Å². The molecular weight excluding hydrogens is 499 g/mol. The molecule has 3 aromatic heterocycles. The molecule has 39 heavy (non-hydrogen) atoms. The van der Waals surface area contributed by atoms with E-state index in [9.17, 15) is 4.79 Å². The summed E-state index contributed by atoms with van der Waals surface area (Å²) in [6.07, 6.45) is 0. The summed E-state index contributed by atoms with van der Waals surface area (Å²) in [7, 11) is 3.36. The Bertz CT molecular complexity index is 1690. The number of halogens is 1. The number of fused-ring (bicyclic) bond motifs is 1. The molecule has 0 saturated carbocycles. The topological polar surface area (TPSA) is 89.0 Å². The van der Waals surface area contributed by atoms with Gasteiger partial charge in [0.25, 0.3) is 0 Å². The van der Waals surface area contributed by atoms with Crippen LogP contribution in [0.25, 0.3) is 28.0 Å². The molecule has 0 fully saturated rings. The zero-order valence-electron chi connectivity index (χ0n) is 22.7. The Balaban J connectivity index is 1.56. The standard InChI is InChI=1S/C29H31FN6O3/c1-6-35-27(17-39-16-19-10-8-7-9-11-19)32-36(29(35)37)25-13-21-20(18(2)3)12-24(31-23(21)14-22(25)30)26-15-28(38-5)33-34(26)4/h7-15,18H,6,16-17H2,1-5H3. The molecule has 0 N–H and O–H groups in total. The van der Waals surface area contributed by atoms with Crippen molar-refractivity contribution in [3.05, 3.63) is 87.9 Å². The van der Waals surface area contributed by atoms with E-state index in [0.717, 1.165) is 26.9 Å². The minimum atomic E-state index is -0.593. The number of hydrogen-bond donors (Lipinski definition) is 0. The first-order valence-electron chi connectivity index (χ1n) is 12.8. The van der Waals surface area contributed by atoms with E-state index in [4.69, 9.17) is 14.5 Å². The minimum Gasteiger partial charge on any atom is -0.480 e. The number of ether oxygens (including phenoxy) is 2. The molecule has 0 amide bonds. The maximum atomic E-state index is 15.6. The molecule has 202 valence electrons. The van der Waals surface area contributed by atoms with E-state index in [1.165, 1.54) is 10.6 Å². The fourth-order valence-electron chi connectivity index (χ4n) is 4.67. The Labute approximate surface area is 225 Å². The maximum absolute atomic E-state index is 15.6. The normalized spacial score (nSPS) is 11.6. The summed E-state index contributed by atoms with van der Waals surface area (Å²) in [5.41, 5.74) is 3.51. The van der Waals surface area contributed by atoms with Crippen molar-refractivity contribution in [1.82, 2.24) is 29.1 Å². The van der Waals surface area contributed by atoms with Crippen LogP contribution in [0.1, 0.15) is 43.6 Å². The van der Waals surface area contributed by atoms with E-state index < -0.39 is 11.5 Å². The van der Waals surface area contributed by atoms with E-state index in [1.807, 2.05) is 43.3 Å². The zero-order valence-corrected chi connectivity index (χ0v) is 22.7. The summed E-state index contributed by atoms with van der Waals surface area (Å²) < 4.78 is 31.0. The van der Waals surface area contributed by atoms with Crippen molar-refractivity contribution >= 4 is 10.9 Å². The van der Waals surface area contributed by atoms with Crippen molar-refractivity contribution in [2.24, 2.45) is 7.05 Å². The monoisotopic (exact) mass is 530 g/mol. The molecule has 5 rings (SSSR count). The minimum absolute atomic E-state index is 0.0719. The Morgan fingerprint density at radius 2 is 1.79 bits per heavy atom. The molecule has 9 nitrogen and oxygen atoms in total. The molecule has 0 radical (unpaired) electrons. The molecule has 0 aliphatic carbocycles. The molecule has 2 aromatic carbocycles. The third kappa shape index (κ3) is 5.07. The number of hydrogen-bond acceptors (Lipinski definition) is 6. The molecule has 0 aliphatic rings. The largest absolute Gasteiger partial charge is 0.480 e. The van der Waals surface area contributed by atoms with Crippen molar-refractivity contribution in [2.75, 3.05) is 7.11 Å². The third-order valence-electron chi connectivity index (χ3n) is 6.69. The Morgan fingerprint density at radius 1 is 1.03 bits per heavy atom. The van der Waals surface area contributed by atoms with Crippen LogP contribution in [-0.4, -0.2) is 36.2 Å². The van der Waals surface area contributed by atoms with Crippen LogP contribution in [0.15, 0.2) is 59.4 Å². The van der Waals surface area contributed by atoms with Crippen LogP contribution in [-0.2, 0) is 31.5 Å². The number of rotatable bonds is 9. The van der Waals surface area contributed by atoms with Gasteiger partial charge in [0, 0.05) is 31.1 Å². The Kier molecular flexibility index (Phi) is 7.30. The molecular formula is C29H31FN6O3. The lowest BCUT2D eigenvalue weighted by molar-refractivity contribution is 0.0989. The molecule has 10 heteroatoms. The predicted molar refractivity (Wildman–Crippen MR) is 147 cm³/mol. The number of nitrogens with zero attached hydrogens (tertiary/aromatic N) is 6. The summed E-state index contributed by atoms with van der Waals surface area (Å²) >= 11 is 0. The van der Waals surface area contributed by atoms with Crippen molar-refractivity contribution in [3.8, 4) is 23.0 Å². The summed E-state index contributed by atoms with van der Waals surface area (Å²) in [6.45, 7) is 6.85. The smallest absolute Gasteiger partial charge is 0.350 e. The molecule has 0 saturated heterocycles. The second-order valence-electron chi connectivity index (χ2n) is 9.60. The van der Waals surface area contributed by atoms with Crippen molar-refractivity contribution in [3.63, 3.8) is 0 Å². The number of pyridine rings is 1. The highest BCUT2D eigenvalue weighted by Gasteiger charge is 2.20. The number of methoxy groups -OCH3 is 1. The second kappa shape index (κ2) is 10.8. The van der Waals surface area contributed by atoms with E-state index in [0.29, 0.717) is 36.1 Å². The molecule has 0 unspecified atom stereocenters. The van der Waals surface area contributed by atoms with E-state index in [1.54, 1.807) is 31.0 Å². The average Bonchev–Trinajstić information content (AvgIpc) is 3.46. The lowest BCUT2D eigenvalue weighted by atomic mass is 9.96. The van der Waals surface area contributed by atoms with E-state index >= 15 is 4.39 Å². The highest BCUT2D eigenvalue weighted by Crippen LogP contribution is 2.32. The van der Waals surface area contributed by atoms with Crippen LogP contribution in [0.4, 0.5) is 4.39 Å². The van der Waals surface area contributed by atoms with Gasteiger partial charge in [0.1, 0.15) is 12.3 Å². The number of aryl methyl sites for hydroxylation is 1. The van der Waals surface area contributed by atoms with Crippen LogP contribution in [0, 0.1) is 5.82 Å². The third-order valence-corrected chi connectivity index (χ3v) is 6.69. The van der Waals surface area contributed by atoms with Gasteiger partial charge in [0.15, 0.2) is 11.6 Å². The van der Waals surface area contributed by atoms with Crippen LogP contribution >= 0.6 is 0 Å². The number of aromatic nitrogens is 6. The average molecular weight is 531 g/mol. The first kappa shape index (κ1) is 26.3. The summed E-state index contributed by atoms with van der Waals surface area (Å²) in [6, 6.07) is 16.5. The summed E-state index contributed by atoms with van der Waals surface area (Å²) in [5.74, 6) is 0.413. The van der Waals surface area contributed by atoms with Crippen LogP contribution in [0.2, 0.25) is 0 Å².